The first-order valence-electron chi connectivity index (χ1n) is 10.6. The molecule has 2 aliphatic heterocycles. The van der Waals surface area contributed by atoms with Crippen LogP contribution in [0.25, 0.3) is 0 Å². The Labute approximate surface area is 181 Å². The standard InChI is InChI=1S/C22H28N4O3S/c1-15-20(30-14-24-15)22(28)26-10-4-3-5-18(26)16-8-11-25(12-9-16)21(27)17-6-7-19(29-2)23-13-17/h6-7,13-14,16,18H,3-5,8-12H2,1-2H3. The van der Waals surface area contributed by atoms with Crippen LogP contribution in [0.15, 0.2) is 23.8 Å². The Morgan fingerprint density at radius 1 is 1.07 bits per heavy atom. The van der Waals surface area contributed by atoms with E-state index in [1.807, 2.05) is 11.8 Å². The van der Waals surface area contributed by atoms with Crippen LogP contribution in [0.4, 0.5) is 0 Å². The third-order valence-electron chi connectivity index (χ3n) is 6.31. The summed E-state index contributed by atoms with van der Waals surface area (Å²) in [6.07, 6.45) is 6.68. The predicted molar refractivity (Wildman–Crippen MR) is 115 cm³/mol. The zero-order valence-corrected chi connectivity index (χ0v) is 18.4. The highest BCUT2D eigenvalue weighted by molar-refractivity contribution is 7.11. The van der Waals surface area contributed by atoms with Crippen molar-refractivity contribution < 1.29 is 14.3 Å². The number of aryl methyl sites for hydroxylation is 1. The van der Waals surface area contributed by atoms with E-state index in [-0.39, 0.29) is 17.9 Å². The molecule has 0 saturated carbocycles. The summed E-state index contributed by atoms with van der Waals surface area (Å²) in [5.41, 5.74) is 3.16. The molecule has 8 heteroatoms. The number of amides is 2. The second-order valence-corrected chi connectivity index (χ2v) is 8.90. The van der Waals surface area contributed by atoms with Gasteiger partial charge in [-0.25, -0.2) is 9.97 Å². The summed E-state index contributed by atoms with van der Waals surface area (Å²) in [5.74, 6) is 1.08. The Balaban J connectivity index is 1.40. The normalized spacial score (nSPS) is 20.3. The van der Waals surface area contributed by atoms with E-state index in [0.29, 0.717) is 30.5 Å². The maximum atomic E-state index is 13.2. The number of piperidine rings is 2. The van der Waals surface area contributed by atoms with Gasteiger partial charge in [-0.05, 0) is 51.0 Å². The summed E-state index contributed by atoms with van der Waals surface area (Å²) in [6, 6.07) is 3.74. The lowest BCUT2D eigenvalue weighted by molar-refractivity contribution is 0.0377. The Bertz CT molecular complexity index is 890. The molecule has 0 radical (unpaired) electrons. The first-order valence-corrected chi connectivity index (χ1v) is 11.5. The molecular formula is C22H28N4O3S. The maximum absolute atomic E-state index is 13.2. The first kappa shape index (κ1) is 20.8. The number of methoxy groups -OCH3 is 1. The smallest absolute Gasteiger partial charge is 0.266 e. The van der Waals surface area contributed by atoms with Gasteiger partial charge in [-0.1, -0.05) is 0 Å². The van der Waals surface area contributed by atoms with Crippen LogP contribution in [0.2, 0.25) is 0 Å². The molecule has 4 rings (SSSR count). The molecule has 2 saturated heterocycles. The third kappa shape index (κ3) is 4.19. The van der Waals surface area contributed by atoms with E-state index in [0.717, 1.165) is 49.2 Å². The molecule has 2 aromatic heterocycles. The van der Waals surface area contributed by atoms with Crippen LogP contribution in [0.1, 0.15) is 57.8 Å². The van der Waals surface area contributed by atoms with E-state index >= 15 is 0 Å². The second-order valence-electron chi connectivity index (χ2n) is 8.05. The molecule has 4 heterocycles. The van der Waals surface area contributed by atoms with Crippen molar-refractivity contribution >= 4 is 23.2 Å². The molecule has 1 atom stereocenters. The average molecular weight is 429 g/mol. The van der Waals surface area contributed by atoms with Gasteiger partial charge in [0.2, 0.25) is 5.88 Å². The fraction of sp³-hybridized carbons (Fsp3) is 0.545. The number of ether oxygens (including phenoxy) is 1. The lowest BCUT2D eigenvalue weighted by Crippen LogP contribution is -2.51. The monoisotopic (exact) mass is 428 g/mol. The highest BCUT2D eigenvalue weighted by atomic mass is 32.1. The van der Waals surface area contributed by atoms with Crippen molar-refractivity contribution in [2.45, 2.75) is 45.1 Å². The molecule has 0 aliphatic carbocycles. The topological polar surface area (TPSA) is 75.6 Å². The fourth-order valence-corrected chi connectivity index (χ4v) is 5.39. The molecule has 2 aliphatic rings. The number of likely N-dealkylation sites (tertiary alicyclic amines) is 2. The molecule has 30 heavy (non-hydrogen) atoms. The summed E-state index contributed by atoms with van der Waals surface area (Å²) >= 11 is 1.43. The summed E-state index contributed by atoms with van der Waals surface area (Å²) in [5, 5.41) is 0. The Kier molecular flexibility index (Phi) is 6.32. The van der Waals surface area contributed by atoms with Gasteiger partial charge in [-0.2, -0.15) is 0 Å². The molecule has 2 fully saturated rings. The number of nitrogens with zero attached hydrogens (tertiary/aromatic N) is 4. The van der Waals surface area contributed by atoms with Gasteiger partial charge in [0.15, 0.2) is 0 Å². The summed E-state index contributed by atoms with van der Waals surface area (Å²) in [7, 11) is 1.56. The quantitative estimate of drug-likeness (QED) is 0.746. The van der Waals surface area contributed by atoms with E-state index in [4.69, 9.17) is 4.74 Å². The van der Waals surface area contributed by atoms with E-state index in [2.05, 4.69) is 14.9 Å². The number of hydrogen-bond acceptors (Lipinski definition) is 6. The number of hydrogen-bond donors (Lipinski definition) is 0. The van der Waals surface area contributed by atoms with E-state index in [9.17, 15) is 9.59 Å². The molecule has 0 spiro atoms. The zero-order valence-electron chi connectivity index (χ0n) is 17.5. The number of carbonyl (C=O) groups is 2. The van der Waals surface area contributed by atoms with Crippen molar-refractivity contribution in [3.05, 3.63) is 40.0 Å². The van der Waals surface area contributed by atoms with Crippen LogP contribution in [-0.2, 0) is 0 Å². The lowest BCUT2D eigenvalue weighted by atomic mass is 9.83. The SMILES string of the molecule is COc1ccc(C(=O)N2CCC(C3CCCCN3C(=O)c3scnc3C)CC2)cn1. The van der Waals surface area contributed by atoms with Crippen molar-refractivity contribution in [3.63, 3.8) is 0 Å². The van der Waals surface area contributed by atoms with Gasteiger partial charge in [0.05, 0.1) is 23.9 Å². The minimum absolute atomic E-state index is 0.0143. The van der Waals surface area contributed by atoms with Crippen molar-refractivity contribution in [1.29, 1.82) is 0 Å². The molecule has 0 N–H and O–H groups in total. The van der Waals surface area contributed by atoms with Crippen LogP contribution in [0.3, 0.4) is 0 Å². The Morgan fingerprint density at radius 3 is 2.50 bits per heavy atom. The predicted octanol–water partition coefficient (Wildman–Crippen LogP) is 3.40. The average Bonchev–Trinajstić information content (AvgIpc) is 3.24. The number of rotatable bonds is 4. The summed E-state index contributed by atoms with van der Waals surface area (Å²) in [4.78, 5) is 39.1. The van der Waals surface area contributed by atoms with Crippen molar-refractivity contribution in [2.24, 2.45) is 5.92 Å². The first-order chi connectivity index (χ1) is 14.6. The van der Waals surface area contributed by atoms with E-state index in [1.54, 1.807) is 30.9 Å². The van der Waals surface area contributed by atoms with Gasteiger partial charge in [0, 0.05) is 37.9 Å². The third-order valence-corrected chi connectivity index (χ3v) is 7.23. The van der Waals surface area contributed by atoms with Crippen LogP contribution in [-0.4, -0.2) is 64.4 Å². The van der Waals surface area contributed by atoms with Crippen LogP contribution in [0.5, 0.6) is 5.88 Å². The lowest BCUT2D eigenvalue weighted by Gasteiger charge is -2.43. The van der Waals surface area contributed by atoms with Gasteiger partial charge in [0.1, 0.15) is 4.88 Å². The molecule has 0 aromatic carbocycles. The van der Waals surface area contributed by atoms with Gasteiger partial charge in [-0.3, -0.25) is 9.59 Å². The van der Waals surface area contributed by atoms with Crippen molar-refractivity contribution in [2.75, 3.05) is 26.7 Å². The Hall–Kier alpha value is -2.48. The fourth-order valence-electron chi connectivity index (χ4n) is 4.63. The number of thiazole rings is 1. The maximum Gasteiger partial charge on any atom is 0.266 e. The number of pyridine rings is 1. The molecule has 1 unspecified atom stereocenters. The second kappa shape index (κ2) is 9.12. The summed E-state index contributed by atoms with van der Waals surface area (Å²) < 4.78 is 5.07. The molecule has 2 amide bonds. The Morgan fingerprint density at radius 2 is 1.87 bits per heavy atom. The summed E-state index contributed by atoms with van der Waals surface area (Å²) in [6.45, 7) is 4.15. The van der Waals surface area contributed by atoms with Gasteiger partial charge in [0.25, 0.3) is 11.8 Å². The van der Waals surface area contributed by atoms with E-state index in [1.165, 1.54) is 11.3 Å². The van der Waals surface area contributed by atoms with E-state index < -0.39 is 0 Å². The van der Waals surface area contributed by atoms with Gasteiger partial charge < -0.3 is 14.5 Å². The largest absolute Gasteiger partial charge is 0.481 e. The minimum atomic E-state index is 0.0143. The molecule has 160 valence electrons. The van der Waals surface area contributed by atoms with Gasteiger partial charge >= 0.3 is 0 Å². The van der Waals surface area contributed by atoms with Crippen LogP contribution >= 0.6 is 11.3 Å². The molecule has 2 aromatic rings. The van der Waals surface area contributed by atoms with Gasteiger partial charge in [-0.15, -0.1) is 11.3 Å². The van der Waals surface area contributed by atoms with Crippen molar-refractivity contribution in [3.8, 4) is 5.88 Å². The molecular weight excluding hydrogens is 400 g/mol. The number of aromatic nitrogens is 2. The minimum Gasteiger partial charge on any atom is -0.481 e. The number of carbonyl (C=O) groups excluding carboxylic acids is 2. The highest BCUT2D eigenvalue weighted by Gasteiger charge is 2.36. The zero-order chi connectivity index (χ0) is 21.1. The van der Waals surface area contributed by atoms with Crippen LogP contribution < -0.4 is 4.74 Å². The molecule has 0 bridgehead atoms. The molecule has 7 nitrogen and oxygen atoms in total. The highest BCUT2D eigenvalue weighted by Crippen LogP contribution is 2.32. The van der Waals surface area contributed by atoms with Crippen molar-refractivity contribution in [1.82, 2.24) is 19.8 Å². The van der Waals surface area contributed by atoms with Crippen LogP contribution in [0, 0.1) is 12.8 Å².